The van der Waals surface area contributed by atoms with E-state index in [1.54, 1.807) is 20.8 Å². The van der Waals surface area contributed by atoms with Gasteiger partial charge in [0.1, 0.15) is 0 Å². The minimum Gasteiger partial charge on any atom is -0.499 e. The van der Waals surface area contributed by atoms with Crippen LogP contribution in [0.2, 0.25) is 0 Å². The number of carbonyl (C=O) groups is 2. The Hall–Kier alpha value is -1.52. The molecule has 0 saturated heterocycles. The maximum absolute atomic E-state index is 11.3. The summed E-state index contributed by atoms with van der Waals surface area (Å²) >= 11 is 0. The van der Waals surface area contributed by atoms with Crippen LogP contribution in [0.5, 0.6) is 0 Å². The fourth-order valence-corrected chi connectivity index (χ4v) is 0.955. The molecule has 0 aromatic rings. The van der Waals surface area contributed by atoms with Crippen LogP contribution in [0.15, 0.2) is 12.3 Å². The van der Waals surface area contributed by atoms with E-state index in [0.29, 0.717) is 18.8 Å². The lowest BCUT2D eigenvalue weighted by Crippen LogP contribution is -2.24. The van der Waals surface area contributed by atoms with Crippen LogP contribution in [0.4, 0.5) is 0 Å². The molecule has 0 aromatic carbocycles. The van der Waals surface area contributed by atoms with Crippen molar-refractivity contribution in [3.8, 4) is 0 Å². The molecular weight excluding hydrogens is 236 g/mol. The third kappa shape index (κ3) is 7.70. The van der Waals surface area contributed by atoms with Gasteiger partial charge in [-0.2, -0.15) is 0 Å². The molecule has 0 rings (SSSR count). The molecular formula is C13H22O5. The number of esters is 2. The van der Waals surface area contributed by atoms with Crippen LogP contribution in [0, 0.1) is 5.41 Å². The standard InChI is InChI=1S/C13H22O5/c1-6-16-10(2)7-8-11(14)17-9-18-12(15)13(3,4)5/h2,6-9H2,1,3-5H3. The van der Waals surface area contributed by atoms with Crippen LogP contribution in [0.1, 0.15) is 40.5 Å². The molecule has 0 amide bonds. The molecule has 0 aliphatic carbocycles. The first-order chi connectivity index (χ1) is 8.27. The van der Waals surface area contributed by atoms with E-state index in [1.165, 1.54) is 0 Å². The van der Waals surface area contributed by atoms with Crippen molar-refractivity contribution in [3.63, 3.8) is 0 Å². The number of carbonyl (C=O) groups excluding carboxylic acids is 2. The largest absolute Gasteiger partial charge is 0.499 e. The lowest BCUT2D eigenvalue weighted by molar-refractivity contribution is -0.173. The molecule has 0 fully saturated rings. The van der Waals surface area contributed by atoms with E-state index < -0.39 is 17.4 Å². The van der Waals surface area contributed by atoms with Crippen LogP contribution < -0.4 is 0 Å². The summed E-state index contributed by atoms with van der Waals surface area (Å²) in [5.74, 6) is -0.312. The van der Waals surface area contributed by atoms with Gasteiger partial charge in [0.25, 0.3) is 0 Å². The monoisotopic (exact) mass is 258 g/mol. The number of hydrogen-bond acceptors (Lipinski definition) is 5. The van der Waals surface area contributed by atoms with Gasteiger partial charge in [0.15, 0.2) is 0 Å². The molecule has 0 atom stereocenters. The summed E-state index contributed by atoms with van der Waals surface area (Å²) in [7, 11) is 0. The lowest BCUT2D eigenvalue weighted by Gasteiger charge is -2.16. The van der Waals surface area contributed by atoms with Gasteiger partial charge < -0.3 is 14.2 Å². The Morgan fingerprint density at radius 2 is 1.67 bits per heavy atom. The van der Waals surface area contributed by atoms with Gasteiger partial charge in [-0.15, -0.1) is 0 Å². The van der Waals surface area contributed by atoms with Crippen molar-refractivity contribution in [2.24, 2.45) is 5.41 Å². The molecule has 0 aliphatic rings. The average molecular weight is 258 g/mol. The van der Waals surface area contributed by atoms with Crippen LogP contribution >= 0.6 is 0 Å². The first-order valence-corrected chi connectivity index (χ1v) is 5.90. The predicted molar refractivity (Wildman–Crippen MR) is 66.5 cm³/mol. The molecule has 5 heteroatoms. The van der Waals surface area contributed by atoms with Gasteiger partial charge in [0.05, 0.1) is 24.2 Å². The van der Waals surface area contributed by atoms with E-state index in [2.05, 4.69) is 6.58 Å². The van der Waals surface area contributed by atoms with Gasteiger partial charge in [0, 0.05) is 6.42 Å². The Balaban J connectivity index is 3.72. The van der Waals surface area contributed by atoms with E-state index in [9.17, 15) is 9.59 Å². The minimum absolute atomic E-state index is 0.159. The van der Waals surface area contributed by atoms with Crippen molar-refractivity contribution in [3.05, 3.63) is 12.3 Å². The predicted octanol–water partition coefficient (Wildman–Crippen LogP) is 2.41. The van der Waals surface area contributed by atoms with Crippen LogP contribution in [-0.2, 0) is 23.8 Å². The van der Waals surface area contributed by atoms with Gasteiger partial charge in [-0.05, 0) is 27.7 Å². The van der Waals surface area contributed by atoms with Gasteiger partial charge in [-0.25, -0.2) is 0 Å². The number of rotatable bonds is 7. The van der Waals surface area contributed by atoms with Gasteiger partial charge in [0.2, 0.25) is 6.79 Å². The van der Waals surface area contributed by atoms with Crippen LogP contribution in [-0.4, -0.2) is 25.3 Å². The van der Waals surface area contributed by atoms with Crippen LogP contribution in [0.25, 0.3) is 0 Å². The normalized spacial score (nSPS) is 10.7. The fourth-order valence-electron chi connectivity index (χ4n) is 0.955. The summed E-state index contributed by atoms with van der Waals surface area (Å²) in [5, 5.41) is 0. The Morgan fingerprint density at radius 3 is 2.17 bits per heavy atom. The Kier molecular flexibility index (Phi) is 7.08. The molecule has 0 saturated carbocycles. The highest BCUT2D eigenvalue weighted by atomic mass is 16.7. The van der Waals surface area contributed by atoms with Gasteiger partial charge in [-0.3, -0.25) is 9.59 Å². The average Bonchev–Trinajstić information content (AvgIpc) is 2.25. The summed E-state index contributed by atoms with van der Waals surface area (Å²) in [5.41, 5.74) is -0.602. The fraction of sp³-hybridized carbons (Fsp3) is 0.692. The third-order valence-electron chi connectivity index (χ3n) is 1.98. The Labute approximate surface area is 108 Å². The molecule has 0 radical (unpaired) electrons. The van der Waals surface area contributed by atoms with E-state index in [4.69, 9.17) is 14.2 Å². The Morgan fingerprint density at radius 1 is 1.06 bits per heavy atom. The highest BCUT2D eigenvalue weighted by Gasteiger charge is 2.23. The topological polar surface area (TPSA) is 61.8 Å². The first-order valence-electron chi connectivity index (χ1n) is 5.90. The van der Waals surface area contributed by atoms with Crippen molar-refractivity contribution in [2.45, 2.75) is 40.5 Å². The zero-order valence-electron chi connectivity index (χ0n) is 11.6. The summed E-state index contributed by atoms with van der Waals surface area (Å²) in [4.78, 5) is 22.6. The second-order valence-electron chi connectivity index (χ2n) is 4.79. The van der Waals surface area contributed by atoms with Crippen molar-refractivity contribution in [1.82, 2.24) is 0 Å². The van der Waals surface area contributed by atoms with Gasteiger partial charge >= 0.3 is 11.9 Å². The molecule has 0 heterocycles. The van der Waals surface area contributed by atoms with Crippen LogP contribution in [0.3, 0.4) is 0 Å². The Bertz CT molecular complexity index is 301. The zero-order chi connectivity index (χ0) is 14.2. The number of ether oxygens (including phenoxy) is 3. The molecule has 5 nitrogen and oxygen atoms in total. The first kappa shape index (κ1) is 16.5. The molecule has 18 heavy (non-hydrogen) atoms. The number of allylic oxidation sites excluding steroid dienone is 1. The van der Waals surface area contributed by atoms with E-state index >= 15 is 0 Å². The lowest BCUT2D eigenvalue weighted by atomic mass is 9.98. The van der Waals surface area contributed by atoms with Crippen molar-refractivity contribution < 1.29 is 23.8 Å². The molecule has 0 N–H and O–H groups in total. The van der Waals surface area contributed by atoms with E-state index in [1.807, 2.05) is 6.92 Å². The third-order valence-corrected chi connectivity index (χ3v) is 1.98. The smallest absolute Gasteiger partial charge is 0.314 e. The molecule has 0 unspecified atom stereocenters. The maximum atomic E-state index is 11.3. The second-order valence-corrected chi connectivity index (χ2v) is 4.79. The van der Waals surface area contributed by atoms with Crippen molar-refractivity contribution in [2.75, 3.05) is 13.4 Å². The molecule has 104 valence electrons. The second kappa shape index (κ2) is 7.74. The summed E-state index contributed by atoms with van der Waals surface area (Å²) in [6, 6.07) is 0. The molecule has 0 aromatic heterocycles. The highest BCUT2D eigenvalue weighted by molar-refractivity contribution is 5.75. The quantitative estimate of drug-likeness (QED) is 0.398. The summed E-state index contributed by atoms with van der Waals surface area (Å²) in [6.45, 7) is 10.8. The maximum Gasteiger partial charge on any atom is 0.314 e. The minimum atomic E-state index is -0.602. The van der Waals surface area contributed by atoms with Crippen molar-refractivity contribution in [1.29, 1.82) is 0 Å². The summed E-state index contributed by atoms with van der Waals surface area (Å²) in [6.07, 6.45) is 0.561. The van der Waals surface area contributed by atoms with Crippen molar-refractivity contribution >= 4 is 11.9 Å². The number of hydrogen-bond donors (Lipinski definition) is 0. The summed E-state index contributed by atoms with van der Waals surface area (Å²) < 4.78 is 14.6. The van der Waals surface area contributed by atoms with E-state index in [-0.39, 0.29) is 13.2 Å². The highest BCUT2D eigenvalue weighted by Crippen LogP contribution is 2.15. The molecule has 0 aliphatic heterocycles. The van der Waals surface area contributed by atoms with Gasteiger partial charge in [-0.1, -0.05) is 6.58 Å². The molecule has 0 spiro atoms. The molecule has 0 bridgehead atoms. The zero-order valence-corrected chi connectivity index (χ0v) is 11.6. The van der Waals surface area contributed by atoms with E-state index in [0.717, 1.165) is 0 Å². The SMILES string of the molecule is C=C(CCC(=O)OCOC(=O)C(C)(C)C)OCC.